The average molecular weight is 336 g/mol. The van der Waals surface area contributed by atoms with Gasteiger partial charge in [-0.2, -0.15) is 13.2 Å². The fourth-order valence-electron chi connectivity index (χ4n) is 3.52. The Bertz CT molecular complexity index is 508. The molecule has 6 heteroatoms. The van der Waals surface area contributed by atoms with Gasteiger partial charge in [0.15, 0.2) is 5.60 Å². The molecular weight excluding hydrogens is 315 g/mol. The number of halogens is 4. The molecule has 1 aromatic carbocycles. The SMILES string of the molecule is Cc1ccccc1COC1(C(F)(F)F)CC2CCC(C1)N2.Cl. The van der Waals surface area contributed by atoms with Crippen LogP contribution in [0.3, 0.4) is 0 Å². The Morgan fingerprint density at radius 2 is 1.77 bits per heavy atom. The molecular formula is C16H21ClF3NO. The van der Waals surface area contributed by atoms with Crippen LogP contribution in [0.4, 0.5) is 13.2 Å². The van der Waals surface area contributed by atoms with Crippen molar-refractivity contribution in [2.45, 2.75) is 63.1 Å². The van der Waals surface area contributed by atoms with Crippen molar-refractivity contribution in [1.82, 2.24) is 5.32 Å². The van der Waals surface area contributed by atoms with Crippen LogP contribution in [-0.2, 0) is 11.3 Å². The molecule has 1 aromatic rings. The van der Waals surface area contributed by atoms with Gasteiger partial charge in [0.2, 0.25) is 0 Å². The molecule has 2 aliphatic heterocycles. The normalized spacial score (nSPS) is 30.9. The number of hydrogen-bond acceptors (Lipinski definition) is 2. The number of rotatable bonds is 3. The summed E-state index contributed by atoms with van der Waals surface area (Å²) < 4.78 is 46.4. The van der Waals surface area contributed by atoms with Crippen molar-refractivity contribution in [2.24, 2.45) is 0 Å². The summed E-state index contributed by atoms with van der Waals surface area (Å²) in [5.74, 6) is 0. The van der Waals surface area contributed by atoms with E-state index < -0.39 is 11.8 Å². The first-order valence-electron chi connectivity index (χ1n) is 7.41. The summed E-state index contributed by atoms with van der Waals surface area (Å²) in [6.45, 7) is 1.91. The zero-order valence-electron chi connectivity index (χ0n) is 12.5. The topological polar surface area (TPSA) is 21.3 Å². The van der Waals surface area contributed by atoms with E-state index in [0.717, 1.165) is 24.0 Å². The zero-order valence-corrected chi connectivity index (χ0v) is 13.3. The van der Waals surface area contributed by atoms with Gasteiger partial charge >= 0.3 is 6.18 Å². The van der Waals surface area contributed by atoms with E-state index in [0.29, 0.717) is 0 Å². The maximum absolute atomic E-state index is 13.6. The second-order valence-electron chi connectivity index (χ2n) is 6.25. The summed E-state index contributed by atoms with van der Waals surface area (Å²) in [7, 11) is 0. The molecule has 0 radical (unpaired) electrons. The lowest BCUT2D eigenvalue weighted by Gasteiger charge is -2.42. The highest BCUT2D eigenvalue weighted by molar-refractivity contribution is 5.85. The predicted octanol–water partition coefficient (Wildman–Crippen LogP) is 4.15. The number of benzene rings is 1. The highest BCUT2D eigenvalue weighted by Gasteiger charge is 2.60. The zero-order chi connectivity index (χ0) is 15.1. The van der Waals surface area contributed by atoms with Crippen LogP contribution in [0.15, 0.2) is 24.3 Å². The molecule has 0 spiro atoms. The summed E-state index contributed by atoms with van der Waals surface area (Å²) in [5, 5.41) is 3.25. The molecule has 2 saturated heterocycles. The molecule has 0 saturated carbocycles. The summed E-state index contributed by atoms with van der Waals surface area (Å²) in [5.41, 5.74) is -0.203. The lowest BCUT2D eigenvalue weighted by molar-refractivity contribution is -0.293. The maximum Gasteiger partial charge on any atom is 0.417 e. The highest BCUT2D eigenvalue weighted by atomic mass is 35.5. The second kappa shape index (κ2) is 6.38. The van der Waals surface area contributed by atoms with Crippen molar-refractivity contribution in [1.29, 1.82) is 0 Å². The Kier molecular flexibility index (Phi) is 5.09. The third-order valence-electron chi connectivity index (χ3n) is 4.77. The summed E-state index contributed by atoms with van der Waals surface area (Å²) in [4.78, 5) is 0. The fraction of sp³-hybridized carbons (Fsp3) is 0.625. The molecule has 22 heavy (non-hydrogen) atoms. The van der Waals surface area contributed by atoms with E-state index in [4.69, 9.17) is 4.74 Å². The van der Waals surface area contributed by atoms with E-state index in [-0.39, 0.29) is 43.9 Å². The van der Waals surface area contributed by atoms with Crippen molar-refractivity contribution in [3.05, 3.63) is 35.4 Å². The molecule has 0 amide bonds. The van der Waals surface area contributed by atoms with Crippen LogP contribution in [0.25, 0.3) is 0 Å². The Morgan fingerprint density at radius 3 is 2.32 bits per heavy atom. The van der Waals surface area contributed by atoms with Crippen LogP contribution in [0.2, 0.25) is 0 Å². The Morgan fingerprint density at radius 1 is 1.18 bits per heavy atom. The molecule has 3 rings (SSSR count). The number of alkyl halides is 3. The number of nitrogens with one attached hydrogen (secondary N) is 1. The molecule has 0 aromatic heterocycles. The Hall–Kier alpha value is -0.780. The number of piperidine rings is 1. The van der Waals surface area contributed by atoms with E-state index in [9.17, 15) is 13.2 Å². The first-order valence-corrected chi connectivity index (χ1v) is 7.41. The monoisotopic (exact) mass is 335 g/mol. The maximum atomic E-state index is 13.6. The van der Waals surface area contributed by atoms with E-state index in [1.54, 1.807) is 0 Å². The third-order valence-corrected chi connectivity index (χ3v) is 4.77. The van der Waals surface area contributed by atoms with E-state index in [1.807, 2.05) is 31.2 Å². The second-order valence-corrected chi connectivity index (χ2v) is 6.25. The van der Waals surface area contributed by atoms with Gasteiger partial charge in [0.25, 0.3) is 0 Å². The van der Waals surface area contributed by atoms with E-state index >= 15 is 0 Å². The lowest BCUT2D eigenvalue weighted by atomic mass is 9.86. The first-order chi connectivity index (χ1) is 9.90. The van der Waals surface area contributed by atoms with Gasteiger partial charge in [-0.05, 0) is 30.9 Å². The molecule has 2 fully saturated rings. The minimum Gasteiger partial charge on any atom is -0.361 e. The Balaban J connectivity index is 0.00000176. The van der Waals surface area contributed by atoms with Crippen molar-refractivity contribution in [3.63, 3.8) is 0 Å². The van der Waals surface area contributed by atoms with Crippen molar-refractivity contribution >= 4 is 12.4 Å². The van der Waals surface area contributed by atoms with Crippen molar-refractivity contribution in [3.8, 4) is 0 Å². The first kappa shape index (κ1) is 17.6. The van der Waals surface area contributed by atoms with Crippen LogP contribution in [-0.4, -0.2) is 23.9 Å². The summed E-state index contributed by atoms with van der Waals surface area (Å²) in [6.07, 6.45) is -2.64. The van der Waals surface area contributed by atoms with Gasteiger partial charge in [0.1, 0.15) is 0 Å². The van der Waals surface area contributed by atoms with Crippen LogP contribution in [0.5, 0.6) is 0 Å². The van der Waals surface area contributed by atoms with Crippen LogP contribution in [0.1, 0.15) is 36.8 Å². The van der Waals surface area contributed by atoms with Gasteiger partial charge in [-0.25, -0.2) is 0 Å². The molecule has 2 unspecified atom stereocenters. The standard InChI is InChI=1S/C16H20F3NO.ClH/c1-11-4-2-3-5-12(11)10-21-15(16(17,18)19)8-13-6-7-14(9-15)20-13;/h2-5,13-14,20H,6-10H2,1H3;1H. The molecule has 0 aliphatic carbocycles. The molecule has 2 nitrogen and oxygen atoms in total. The molecule has 2 atom stereocenters. The van der Waals surface area contributed by atoms with Gasteiger partial charge in [0.05, 0.1) is 6.61 Å². The predicted molar refractivity (Wildman–Crippen MR) is 81.2 cm³/mol. The van der Waals surface area contributed by atoms with Crippen LogP contribution >= 0.6 is 12.4 Å². The minimum absolute atomic E-state index is 0. The van der Waals surface area contributed by atoms with Gasteiger partial charge in [-0.15, -0.1) is 12.4 Å². The smallest absolute Gasteiger partial charge is 0.361 e. The van der Waals surface area contributed by atoms with E-state index in [2.05, 4.69) is 5.32 Å². The quantitative estimate of drug-likeness (QED) is 0.896. The van der Waals surface area contributed by atoms with Crippen LogP contribution < -0.4 is 5.32 Å². The van der Waals surface area contributed by atoms with Gasteiger partial charge in [-0.1, -0.05) is 24.3 Å². The number of hydrogen-bond donors (Lipinski definition) is 1. The summed E-state index contributed by atoms with van der Waals surface area (Å²) in [6, 6.07) is 7.30. The molecule has 2 aliphatic rings. The fourth-order valence-corrected chi connectivity index (χ4v) is 3.52. The van der Waals surface area contributed by atoms with Gasteiger partial charge in [-0.3, -0.25) is 0 Å². The minimum atomic E-state index is -4.32. The number of ether oxygens (including phenoxy) is 1. The highest BCUT2D eigenvalue weighted by Crippen LogP contribution is 2.47. The molecule has 124 valence electrons. The largest absolute Gasteiger partial charge is 0.417 e. The molecule has 2 heterocycles. The van der Waals surface area contributed by atoms with Gasteiger partial charge in [0, 0.05) is 24.9 Å². The molecule has 2 bridgehead atoms. The number of aryl methyl sites for hydroxylation is 1. The number of fused-ring (bicyclic) bond motifs is 2. The van der Waals surface area contributed by atoms with Gasteiger partial charge < -0.3 is 10.1 Å². The Labute approximate surface area is 134 Å². The van der Waals surface area contributed by atoms with Crippen molar-refractivity contribution in [2.75, 3.05) is 0 Å². The van der Waals surface area contributed by atoms with E-state index in [1.165, 1.54) is 0 Å². The lowest BCUT2D eigenvalue weighted by Crippen LogP contribution is -2.57. The summed E-state index contributed by atoms with van der Waals surface area (Å²) >= 11 is 0. The average Bonchev–Trinajstić information content (AvgIpc) is 2.76. The molecule has 1 N–H and O–H groups in total. The van der Waals surface area contributed by atoms with Crippen molar-refractivity contribution < 1.29 is 17.9 Å². The third kappa shape index (κ3) is 3.26. The van der Waals surface area contributed by atoms with Crippen LogP contribution in [0, 0.1) is 6.92 Å².